The maximum atomic E-state index is 12.7. The monoisotopic (exact) mass is 882 g/mol. The van der Waals surface area contributed by atoms with E-state index in [1.165, 1.54) is 141 Å². The molecule has 61 heavy (non-hydrogen) atoms. The molecule has 0 aliphatic heterocycles. The fraction of sp³-hybridized carbons (Fsp3) is 0.843. The minimum atomic E-state index is -4.62. The molecule has 0 aromatic carbocycles. The van der Waals surface area contributed by atoms with Crippen LogP contribution in [0.15, 0.2) is 36.5 Å². The Hall–Kier alpha value is -1.77. The number of carbonyl (C=O) groups excluding carboxylic acids is 2. The van der Waals surface area contributed by atoms with Crippen LogP contribution in [0.2, 0.25) is 0 Å². The van der Waals surface area contributed by atoms with Gasteiger partial charge in [0.2, 0.25) is 0 Å². The molecule has 0 aliphatic rings. The zero-order valence-corrected chi connectivity index (χ0v) is 41.3. The van der Waals surface area contributed by atoms with Crippen LogP contribution in [0.4, 0.5) is 0 Å². The van der Waals surface area contributed by atoms with E-state index < -0.39 is 26.5 Å². The van der Waals surface area contributed by atoms with Crippen molar-refractivity contribution in [2.45, 2.75) is 232 Å². The third-order valence-electron chi connectivity index (χ3n) is 10.9. The number of unbranched alkanes of at least 4 members (excludes halogenated alkanes) is 26. The molecule has 0 amide bonds. The van der Waals surface area contributed by atoms with Crippen molar-refractivity contribution in [1.29, 1.82) is 0 Å². The number of nitrogens with zero attached hydrogens (tertiary/aromatic N) is 1. The highest BCUT2D eigenvalue weighted by molar-refractivity contribution is 7.45. The van der Waals surface area contributed by atoms with Gasteiger partial charge in [-0.05, 0) is 51.4 Å². The first kappa shape index (κ1) is 59.2. The van der Waals surface area contributed by atoms with Gasteiger partial charge in [-0.1, -0.05) is 198 Å². The first-order chi connectivity index (χ1) is 29.5. The zero-order chi connectivity index (χ0) is 45.0. The van der Waals surface area contributed by atoms with E-state index in [4.69, 9.17) is 18.5 Å². The lowest BCUT2D eigenvalue weighted by Crippen LogP contribution is -2.37. The minimum Gasteiger partial charge on any atom is -0.756 e. The van der Waals surface area contributed by atoms with E-state index in [1.54, 1.807) is 0 Å². The molecule has 0 rings (SSSR count). The molecular formula is C51H96NO8P. The molecule has 9 nitrogen and oxygen atoms in total. The van der Waals surface area contributed by atoms with Crippen molar-refractivity contribution in [3.05, 3.63) is 36.5 Å². The van der Waals surface area contributed by atoms with Crippen LogP contribution in [-0.4, -0.2) is 70.0 Å². The fourth-order valence-electron chi connectivity index (χ4n) is 6.96. The third kappa shape index (κ3) is 47.5. The van der Waals surface area contributed by atoms with Gasteiger partial charge in [-0.2, -0.15) is 0 Å². The zero-order valence-electron chi connectivity index (χ0n) is 40.4. The molecule has 0 aliphatic carbocycles. The molecule has 0 radical (unpaired) electrons. The third-order valence-corrected chi connectivity index (χ3v) is 11.9. The standard InChI is InChI=1S/C51H96NO8P/c1-6-8-10-12-14-16-17-18-19-20-21-22-23-24-25-26-27-28-29-30-31-32-33-34-35-36-38-40-42-44-51(54)60-49(48-59-61(55,56)58-46-45-52(3,4)5)47-57-50(53)43-41-39-37-15-13-11-9-7-2/h17-18,20-21,23-24,49H,6-16,19,22,25-48H2,1-5H3/b18-17-,21-20-,24-23-. The van der Waals surface area contributed by atoms with Gasteiger partial charge in [-0.15, -0.1) is 0 Å². The van der Waals surface area contributed by atoms with E-state index in [0.29, 0.717) is 17.4 Å². The first-order valence-corrected chi connectivity index (χ1v) is 26.7. The topological polar surface area (TPSA) is 111 Å². The van der Waals surface area contributed by atoms with E-state index in [1.807, 2.05) is 21.1 Å². The summed E-state index contributed by atoms with van der Waals surface area (Å²) >= 11 is 0. The Kier molecular flexibility index (Phi) is 42.2. The summed E-state index contributed by atoms with van der Waals surface area (Å²) in [6.07, 6.45) is 50.6. The maximum absolute atomic E-state index is 12.7. The SMILES string of the molecule is CCCCCCC/C=C\C/C=C\C/C=C\CCCCCCCCCCCCCCCCC(=O)OC(COC(=O)CCCCCCCCCC)COP(=O)([O-])OCC[N+](C)(C)C. The van der Waals surface area contributed by atoms with Gasteiger partial charge in [-0.25, -0.2) is 0 Å². The van der Waals surface area contributed by atoms with Gasteiger partial charge in [0.05, 0.1) is 27.7 Å². The predicted octanol–water partition coefficient (Wildman–Crippen LogP) is 14.2. The normalized spacial score (nSPS) is 13.7. The molecule has 358 valence electrons. The summed E-state index contributed by atoms with van der Waals surface area (Å²) in [5.41, 5.74) is 0. The van der Waals surface area contributed by atoms with Gasteiger partial charge in [0.1, 0.15) is 19.8 Å². The number of phosphoric acid groups is 1. The molecule has 0 aromatic heterocycles. The molecule has 0 saturated carbocycles. The lowest BCUT2D eigenvalue weighted by Gasteiger charge is -2.28. The van der Waals surface area contributed by atoms with Crippen LogP contribution in [-0.2, 0) is 32.7 Å². The van der Waals surface area contributed by atoms with E-state index in [2.05, 4.69) is 50.3 Å². The summed E-state index contributed by atoms with van der Waals surface area (Å²) in [4.78, 5) is 37.5. The van der Waals surface area contributed by atoms with Crippen molar-refractivity contribution in [2.75, 3.05) is 47.5 Å². The van der Waals surface area contributed by atoms with Crippen LogP contribution in [0.25, 0.3) is 0 Å². The quantitative estimate of drug-likeness (QED) is 0.0195. The Morgan fingerprint density at radius 1 is 0.508 bits per heavy atom. The summed E-state index contributed by atoms with van der Waals surface area (Å²) in [6, 6.07) is 0. The molecule has 0 aromatic rings. The van der Waals surface area contributed by atoms with Crippen molar-refractivity contribution in [3.8, 4) is 0 Å². The Bertz CT molecular complexity index is 1130. The van der Waals surface area contributed by atoms with Crippen molar-refractivity contribution < 1.29 is 42.1 Å². The highest BCUT2D eigenvalue weighted by Crippen LogP contribution is 2.38. The van der Waals surface area contributed by atoms with Crippen LogP contribution in [0, 0.1) is 0 Å². The second-order valence-corrected chi connectivity index (χ2v) is 19.6. The summed E-state index contributed by atoms with van der Waals surface area (Å²) < 4.78 is 33.9. The molecule has 0 spiro atoms. The van der Waals surface area contributed by atoms with Gasteiger partial charge in [0.15, 0.2) is 6.10 Å². The summed E-state index contributed by atoms with van der Waals surface area (Å²) in [7, 11) is 1.17. The van der Waals surface area contributed by atoms with Crippen molar-refractivity contribution in [2.24, 2.45) is 0 Å². The second kappa shape index (κ2) is 43.5. The number of ether oxygens (including phenoxy) is 2. The number of hydrogen-bond acceptors (Lipinski definition) is 8. The number of esters is 2. The van der Waals surface area contributed by atoms with Crippen molar-refractivity contribution in [3.63, 3.8) is 0 Å². The Morgan fingerprint density at radius 2 is 0.885 bits per heavy atom. The minimum absolute atomic E-state index is 0.0296. The summed E-state index contributed by atoms with van der Waals surface area (Å²) in [5.74, 6) is -0.834. The largest absolute Gasteiger partial charge is 0.756 e. The predicted molar refractivity (Wildman–Crippen MR) is 254 cm³/mol. The summed E-state index contributed by atoms with van der Waals surface area (Å²) in [6.45, 7) is 4.20. The van der Waals surface area contributed by atoms with Crippen LogP contribution in [0.5, 0.6) is 0 Å². The van der Waals surface area contributed by atoms with Crippen molar-refractivity contribution in [1.82, 2.24) is 0 Å². The maximum Gasteiger partial charge on any atom is 0.306 e. The van der Waals surface area contributed by atoms with Crippen LogP contribution < -0.4 is 4.89 Å². The molecule has 2 unspecified atom stereocenters. The number of phosphoric ester groups is 1. The van der Waals surface area contributed by atoms with Crippen LogP contribution in [0.3, 0.4) is 0 Å². The smallest absolute Gasteiger partial charge is 0.306 e. The van der Waals surface area contributed by atoms with E-state index in [-0.39, 0.29) is 32.0 Å². The highest BCUT2D eigenvalue weighted by atomic mass is 31.2. The Labute approximate surface area is 376 Å². The van der Waals surface area contributed by atoms with Gasteiger partial charge in [0, 0.05) is 12.8 Å². The number of allylic oxidation sites excluding steroid dienone is 6. The van der Waals surface area contributed by atoms with Crippen LogP contribution >= 0.6 is 7.82 Å². The number of rotatable bonds is 46. The molecule has 0 N–H and O–H groups in total. The Balaban J connectivity index is 4.03. The average Bonchev–Trinajstić information content (AvgIpc) is 3.21. The van der Waals surface area contributed by atoms with Crippen LogP contribution in [0.1, 0.15) is 226 Å². The average molecular weight is 882 g/mol. The molecule has 0 fully saturated rings. The number of hydrogen-bond donors (Lipinski definition) is 0. The molecule has 0 saturated heterocycles. The van der Waals surface area contributed by atoms with Crippen molar-refractivity contribution >= 4 is 19.8 Å². The van der Waals surface area contributed by atoms with E-state index in [0.717, 1.165) is 51.4 Å². The fourth-order valence-corrected chi connectivity index (χ4v) is 7.69. The van der Waals surface area contributed by atoms with Gasteiger partial charge < -0.3 is 27.9 Å². The number of likely N-dealkylation sites (N-methyl/N-ethyl adjacent to an activating group) is 1. The van der Waals surface area contributed by atoms with Gasteiger partial charge in [-0.3, -0.25) is 14.2 Å². The first-order valence-electron chi connectivity index (χ1n) is 25.2. The van der Waals surface area contributed by atoms with E-state index in [9.17, 15) is 19.0 Å². The molecule has 10 heteroatoms. The number of quaternary nitrogens is 1. The highest BCUT2D eigenvalue weighted by Gasteiger charge is 2.21. The molecule has 0 heterocycles. The lowest BCUT2D eigenvalue weighted by molar-refractivity contribution is -0.870. The van der Waals surface area contributed by atoms with Gasteiger partial charge in [0.25, 0.3) is 7.82 Å². The lowest BCUT2D eigenvalue weighted by atomic mass is 10.0. The number of carbonyl (C=O) groups is 2. The Morgan fingerprint density at radius 3 is 1.31 bits per heavy atom. The van der Waals surface area contributed by atoms with E-state index >= 15 is 0 Å². The molecule has 0 bridgehead atoms. The molecule has 2 atom stereocenters. The summed E-state index contributed by atoms with van der Waals surface area (Å²) in [5, 5.41) is 0. The van der Waals surface area contributed by atoms with Gasteiger partial charge >= 0.3 is 11.9 Å². The second-order valence-electron chi connectivity index (χ2n) is 18.2. The molecular weight excluding hydrogens is 786 g/mol.